The number of piperidine rings is 1. The maximum Gasteiger partial charge on any atom is 0.321 e. The first kappa shape index (κ1) is 14.8. The summed E-state index contributed by atoms with van der Waals surface area (Å²) >= 11 is 1.58. The summed E-state index contributed by atoms with van der Waals surface area (Å²) in [6.07, 6.45) is 0.625. The molecule has 0 bridgehead atoms. The van der Waals surface area contributed by atoms with Crippen molar-refractivity contribution in [1.82, 2.24) is 4.90 Å². The SMILES string of the molecule is CC1CC(C(=O)O)CN(C(=O)Nc2cccc3ccsc23)C1. The number of amides is 2. The zero-order valence-electron chi connectivity index (χ0n) is 12.3. The van der Waals surface area contributed by atoms with Gasteiger partial charge in [0, 0.05) is 13.1 Å². The first-order valence-electron chi connectivity index (χ1n) is 7.29. The molecule has 0 saturated carbocycles. The Morgan fingerprint density at radius 2 is 2.14 bits per heavy atom. The van der Waals surface area contributed by atoms with Gasteiger partial charge in [-0.3, -0.25) is 4.79 Å². The van der Waals surface area contributed by atoms with E-state index in [0.717, 1.165) is 15.8 Å². The van der Waals surface area contributed by atoms with E-state index in [2.05, 4.69) is 5.32 Å². The van der Waals surface area contributed by atoms with Crippen LogP contribution in [0, 0.1) is 11.8 Å². The quantitative estimate of drug-likeness (QED) is 0.890. The first-order valence-corrected chi connectivity index (χ1v) is 8.17. The third-order valence-electron chi connectivity index (χ3n) is 4.02. The van der Waals surface area contributed by atoms with Crippen LogP contribution in [0.3, 0.4) is 0 Å². The van der Waals surface area contributed by atoms with E-state index in [0.29, 0.717) is 13.0 Å². The van der Waals surface area contributed by atoms with E-state index in [1.807, 2.05) is 36.6 Å². The van der Waals surface area contributed by atoms with Crippen molar-refractivity contribution in [3.63, 3.8) is 0 Å². The van der Waals surface area contributed by atoms with E-state index in [4.69, 9.17) is 0 Å². The number of nitrogens with zero attached hydrogens (tertiary/aromatic N) is 1. The maximum absolute atomic E-state index is 12.5. The standard InChI is InChI=1S/C16H18N2O3S/c1-10-7-12(15(19)20)9-18(8-10)16(21)17-13-4-2-3-11-5-6-22-14(11)13/h2-6,10,12H,7-9H2,1H3,(H,17,21)(H,19,20). The summed E-state index contributed by atoms with van der Waals surface area (Å²) in [5, 5.41) is 15.2. The number of aliphatic carboxylic acids is 1. The molecular formula is C16H18N2O3S. The highest BCUT2D eigenvalue weighted by Gasteiger charge is 2.32. The van der Waals surface area contributed by atoms with Crippen molar-refractivity contribution in [3.8, 4) is 0 Å². The van der Waals surface area contributed by atoms with Gasteiger partial charge in [0.1, 0.15) is 0 Å². The van der Waals surface area contributed by atoms with Crippen LogP contribution in [0.2, 0.25) is 0 Å². The molecule has 3 rings (SSSR count). The smallest absolute Gasteiger partial charge is 0.321 e. The van der Waals surface area contributed by atoms with Gasteiger partial charge in [0.25, 0.3) is 0 Å². The largest absolute Gasteiger partial charge is 0.481 e. The zero-order valence-corrected chi connectivity index (χ0v) is 13.1. The molecule has 0 spiro atoms. The summed E-state index contributed by atoms with van der Waals surface area (Å²) in [5.74, 6) is -1.12. The Balaban J connectivity index is 1.76. The lowest BCUT2D eigenvalue weighted by Gasteiger charge is -2.34. The molecule has 0 aliphatic carbocycles. The number of thiophene rings is 1. The summed E-state index contributed by atoms with van der Waals surface area (Å²) in [6.45, 7) is 2.84. The molecule has 0 radical (unpaired) electrons. The number of hydrogen-bond acceptors (Lipinski definition) is 3. The van der Waals surface area contributed by atoms with Crippen LogP contribution in [0.4, 0.5) is 10.5 Å². The number of hydrogen-bond donors (Lipinski definition) is 2. The van der Waals surface area contributed by atoms with E-state index in [-0.39, 0.29) is 18.5 Å². The van der Waals surface area contributed by atoms with Crippen LogP contribution in [0.15, 0.2) is 29.6 Å². The van der Waals surface area contributed by atoms with Gasteiger partial charge in [0.2, 0.25) is 0 Å². The number of benzene rings is 1. The number of anilines is 1. The van der Waals surface area contributed by atoms with Gasteiger partial charge in [-0.15, -0.1) is 11.3 Å². The van der Waals surface area contributed by atoms with E-state index in [1.165, 1.54) is 0 Å². The van der Waals surface area contributed by atoms with Crippen LogP contribution >= 0.6 is 11.3 Å². The number of fused-ring (bicyclic) bond motifs is 1. The Kier molecular flexibility index (Phi) is 4.02. The summed E-state index contributed by atoms with van der Waals surface area (Å²) in [6, 6.07) is 7.57. The van der Waals surface area contributed by atoms with Gasteiger partial charge in [-0.1, -0.05) is 19.1 Å². The maximum atomic E-state index is 12.5. The number of carbonyl (C=O) groups excluding carboxylic acids is 1. The van der Waals surface area contributed by atoms with Crippen molar-refractivity contribution in [2.45, 2.75) is 13.3 Å². The molecule has 5 nitrogen and oxygen atoms in total. The normalized spacial score (nSPS) is 21.8. The lowest BCUT2D eigenvalue weighted by molar-refractivity contribution is -0.143. The molecule has 1 saturated heterocycles. The second-order valence-electron chi connectivity index (χ2n) is 5.86. The van der Waals surface area contributed by atoms with Gasteiger partial charge in [-0.05, 0) is 35.2 Å². The topological polar surface area (TPSA) is 69.6 Å². The number of nitrogens with one attached hydrogen (secondary N) is 1. The molecule has 2 aromatic rings. The second-order valence-corrected chi connectivity index (χ2v) is 6.77. The predicted octanol–water partition coefficient (Wildman–Crippen LogP) is 3.48. The van der Waals surface area contributed by atoms with E-state index in [9.17, 15) is 14.7 Å². The van der Waals surface area contributed by atoms with Crippen molar-refractivity contribution in [2.75, 3.05) is 18.4 Å². The molecule has 2 N–H and O–H groups in total. The van der Waals surface area contributed by atoms with Crippen molar-refractivity contribution < 1.29 is 14.7 Å². The number of likely N-dealkylation sites (tertiary alicyclic amines) is 1. The molecule has 2 heterocycles. The average Bonchev–Trinajstić information content (AvgIpc) is 2.96. The summed E-state index contributed by atoms with van der Waals surface area (Å²) in [7, 11) is 0. The van der Waals surface area contributed by atoms with Gasteiger partial charge in [-0.25, -0.2) is 4.79 Å². The minimum absolute atomic E-state index is 0.193. The highest BCUT2D eigenvalue weighted by atomic mass is 32.1. The lowest BCUT2D eigenvalue weighted by Crippen LogP contribution is -2.47. The van der Waals surface area contributed by atoms with Crippen LogP contribution < -0.4 is 5.32 Å². The van der Waals surface area contributed by atoms with Crippen molar-refractivity contribution in [3.05, 3.63) is 29.6 Å². The minimum atomic E-state index is -0.829. The number of carboxylic acid groups (broad SMARTS) is 1. The average molecular weight is 318 g/mol. The summed E-state index contributed by atoms with van der Waals surface area (Å²) in [5.41, 5.74) is 0.780. The molecule has 22 heavy (non-hydrogen) atoms. The summed E-state index contributed by atoms with van der Waals surface area (Å²) in [4.78, 5) is 25.3. The molecular weight excluding hydrogens is 300 g/mol. The minimum Gasteiger partial charge on any atom is -0.481 e. The van der Waals surface area contributed by atoms with Crippen LogP contribution in [0.5, 0.6) is 0 Å². The van der Waals surface area contributed by atoms with Crippen molar-refractivity contribution in [1.29, 1.82) is 0 Å². The Hall–Kier alpha value is -2.08. The van der Waals surface area contributed by atoms with Gasteiger partial charge >= 0.3 is 12.0 Å². The third-order valence-corrected chi connectivity index (χ3v) is 4.98. The lowest BCUT2D eigenvalue weighted by atomic mass is 9.91. The van der Waals surface area contributed by atoms with Gasteiger partial charge in [0.15, 0.2) is 0 Å². The summed E-state index contributed by atoms with van der Waals surface area (Å²) < 4.78 is 1.04. The Labute approximate surface area is 132 Å². The van der Waals surface area contributed by atoms with Gasteiger partial charge < -0.3 is 15.3 Å². The van der Waals surface area contributed by atoms with Crippen LogP contribution in [-0.2, 0) is 4.79 Å². The fraction of sp³-hybridized carbons (Fsp3) is 0.375. The van der Waals surface area contributed by atoms with E-state index >= 15 is 0 Å². The monoisotopic (exact) mass is 318 g/mol. The highest BCUT2D eigenvalue weighted by molar-refractivity contribution is 7.17. The molecule has 2 unspecified atom stereocenters. The molecule has 6 heteroatoms. The molecule has 116 valence electrons. The van der Waals surface area contributed by atoms with Crippen molar-refractivity contribution in [2.24, 2.45) is 11.8 Å². The van der Waals surface area contributed by atoms with Gasteiger partial charge in [-0.2, -0.15) is 0 Å². The van der Waals surface area contributed by atoms with E-state index in [1.54, 1.807) is 16.2 Å². The molecule has 1 aromatic heterocycles. The number of urea groups is 1. The second kappa shape index (κ2) is 5.96. The highest BCUT2D eigenvalue weighted by Crippen LogP contribution is 2.29. The first-order chi connectivity index (χ1) is 10.5. The third kappa shape index (κ3) is 2.92. The Bertz CT molecular complexity index is 712. The molecule has 1 aromatic carbocycles. The molecule has 1 aliphatic rings. The number of rotatable bonds is 2. The Morgan fingerprint density at radius 1 is 1.32 bits per heavy atom. The van der Waals surface area contributed by atoms with Crippen LogP contribution in [0.1, 0.15) is 13.3 Å². The molecule has 2 atom stereocenters. The van der Waals surface area contributed by atoms with Gasteiger partial charge in [0.05, 0.1) is 16.3 Å². The predicted molar refractivity (Wildman–Crippen MR) is 87.3 cm³/mol. The van der Waals surface area contributed by atoms with E-state index < -0.39 is 11.9 Å². The Morgan fingerprint density at radius 3 is 2.91 bits per heavy atom. The number of carbonyl (C=O) groups is 2. The van der Waals surface area contributed by atoms with Crippen LogP contribution in [-0.4, -0.2) is 35.1 Å². The molecule has 1 fully saturated rings. The molecule has 2 amide bonds. The zero-order chi connectivity index (χ0) is 15.7. The molecule has 1 aliphatic heterocycles. The van der Waals surface area contributed by atoms with Crippen LogP contribution in [0.25, 0.3) is 10.1 Å². The fourth-order valence-electron chi connectivity index (χ4n) is 2.98. The van der Waals surface area contributed by atoms with Crippen molar-refractivity contribution >= 4 is 39.1 Å². The number of carboxylic acids is 1. The fourth-order valence-corrected chi connectivity index (χ4v) is 3.85.